The van der Waals surface area contributed by atoms with Gasteiger partial charge in [-0.15, -0.1) is 35.3 Å². The van der Waals surface area contributed by atoms with Crippen molar-refractivity contribution in [3.05, 3.63) is 21.3 Å². The average Bonchev–Trinajstić information content (AvgIpc) is 3.21. The molecule has 2 aliphatic heterocycles. The van der Waals surface area contributed by atoms with Gasteiger partial charge in [0, 0.05) is 56.2 Å². The first kappa shape index (κ1) is 22.2. The van der Waals surface area contributed by atoms with Crippen LogP contribution in [0.15, 0.2) is 17.1 Å². The molecule has 0 amide bonds. The lowest BCUT2D eigenvalue weighted by Gasteiger charge is -2.36. The van der Waals surface area contributed by atoms with Crippen LogP contribution in [0.2, 0.25) is 4.34 Å². The van der Waals surface area contributed by atoms with Crippen LogP contribution >= 0.6 is 46.9 Å². The molecule has 3 heterocycles. The highest BCUT2D eigenvalue weighted by atomic mass is 127. The zero-order valence-corrected chi connectivity index (χ0v) is 19.6. The van der Waals surface area contributed by atoms with Crippen LogP contribution in [-0.4, -0.2) is 68.2 Å². The number of hydrogen-bond donors (Lipinski definition) is 1. The fraction of sp³-hybridized carbons (Fsp3) is 0.722. The second-order valence-corrected chi connectivity index (χ2v) is 9.05. The molecule has 26 heavy (non-hydrogen) atoms. The normalized spacial score (nSPS) is 24.6. The molecule has 5 nitrogen and oxygen atoms in total. The zero-order valence-electron chi connectivity index (χ0n) is 15.7. The van der Waals surface area contributed by atoms with Crippen molar-refractivity contribution in [1.29, 1.82) is 0 Å². The van der Waals surface area contributed by atoms with Crippen molar-refractivity contribution in [3.8, 4) is 0 Å². The largest absolute Gasteiger partial charge is 0.381 e. The minimum atomic E-state index is 0. The van der Waals surface area contributed by atoms with Crippen molar-refractivity contribution in [3.63, 3.8) is 0 Å². The number of nitrogens with one attached hydrogen (secondary N) is 1. The molecule has 1 unspecified atom stereocenters. The first-order valence-electron chi connectivity index (χ1n) is 9.15. The van der Waals surface area contributed by atoms with Crippen LogP contribution in [0.5, 0.6) is 0 Å². The summed E-state index contributed by atoms with van der Waals surface area (Å²) in [7, 11) is 0. The molecule has 0 aliphatic carbocycles. The molecule has 1 aromatic rings. The van der Waals surface area contributed by atoms with Gasteiger partial charge in [-0.25, -0.2) is 0 Å². The van der Waals surface area contributed by atoms with Gasteiger partial charge in [0.25, 0.3) is 0 Å². The minimum Gasteiger partial charge on any atom is -0.381 e. The van der Waals surface area contributed by atoms with E-state index in [2.05, 4.69) is 35.0 Å². The second-order valence-electron chi connectivity index (χ2n) is 7.25. The van der Waals surface area contributed by atoms with Crippen molar-refractivity contribution in [1.82, 2.24) is 15.1 Å². The molecule has 8 heteroatoms. The molecule has 0 saturated carbocycles. The Morgan fingerprint density at radius 1 is 1.35 bits per heavy atom. The van der Waals surface area contributed by atoms with Crippen LogP contribution in [0.1, 0.15) is 25.1 Å². The number of ether oxygens (including phenoxy) is 1. The number of halogens is 2. The highest BCUT2D eigenvalue weighted by Crippen LogP contribution is 2.28. The Hall–Kier alpha value is -0.0900. The minimum absolute atomic E-state index is 0. The molecule has 1 atom stereocenters. The summed E-state index contributed by atoms with van der Waals surface area (Å²) in [5.74, 6) is 1.05. The highest BCUT2D eigenvalue weighted by Gasteiger charge is 2.30. The summed E-state index contributed by atoms with van der Waals surface area (Å²) >= 11 is 7.72. The summed E-state index contributed by atoms with van der Waals surface area (Å²) in [5.41, 5.74) is 0.195. The summed E-state index contributed by atoms with van der Waals surface area (Å²) in [5, 5.41) is 3.46. The van der Waals surface area contributed by atoms with Crippen LogP contribution in [0, 0.1) is 5.41 Å². The first-order chi connectivity index (χ1) is 12.1. The lowest BCUT2D eigenvalue weighted by Crippen LogP contribution is -2.52. The fourth-order valence-corrected chi connectivity index (χ4v) is 4.43. The van der Waals surface area contributed by atoms with Crippen molar-refractivity contribution in [2.45, 2.75) is 26.8 Å². The van der Waals surface area contributed by atoms with E-state index < -0.39 is 0 Å². The second kappa shape index (κ2) is 10.5. The molecule has 0 aromatic carbocycles. The van der Waals surface area contributed by atoms with E-state index >= 15 is 0 Å². The lowest BCUT2D eigenvalue weighted by atomic mass is 9.90. The van der Waals surface area contributed by atoms with Crippen LogP contribution < -0.4 is 5.32 Å². The maximum atomic E-state index is 6.04. The standard InChI is InChI=1S/C18H29ClN4OS.HI/c1-3-20-17(21-13-18(2)6-11-24-14-18)23-9-7-22(8-10-23)12-15-4-5-16(19)25-15;/h4-5H,3,6-14H2,1-2H3,(H,20,21);1H. The Balaban J connectivity index is 0.00000243. The average molecular weight is 513 g/mol. The van der Waals surface area contributed by atoms with Gasteiger partial charge in [-0.3, -0.25) is 9.89 Å². The molecular weight excluding hydrogens is 483 g/mol. The number of rotatable bonds is 5. The number of piperazine rings is 1. The van der Waals surface area contributed by atoms with Gasteiger partial charge in [0.15, 0.2) is 5.96 Å². The molecule has 0 bridgehead atoms. The van der Waals surface area contributed by atoms with E-state index in [0.717, 1.165) is 75.7 Å². The summed E-state index contributed by atoms with van der Waals surface area (Å²) < 4.78 is 6.43. The molecule has 2 fully saturated rings. The van der Waals surface area contributed by atoms with Gasteiger partial charge >= 0.3 is 0 Å². The number of thiophene rings is 1. The molecule has 148 valence electrons. The van der Waals surface area contributed by atoms with Crippen LogP contribution in [-0.2, 0) is 11.3 Å². The SMILES string of the molecule is CCNC(=NCC1(C)CCOC1)N1CCN(Cc2ccc(Cl)s2)CC1.I. The van der Waals surface area contributed by atoms with Gasteiger partial charge in [-0.2, -0.15) is 0 Å². The molecule has 0 radical (unpaired) electrons. The molecule has 1 aromatic heterocycles. The molecule has 1 N–H and O–H groups in total. The molecule has 2 saturated heterocycles. The maximum absolute atomic E-state index is 6.04. The van der Waals surface area contributed by atoms with E-state index in [0.29, 0.717) is 0 Å². The lowest BCUT2D eigenvalue weighted by molar-refractivity contribution is 0.161. The third-order valence-corrected chi connectivity index (χ3v) is 6.14. The summed E-state index contributed by atoms with van der Waals surface area (Å²) in [6, 6.07) is 4.12. The number of aliphatic imine (C=N–C) groups is 1. The molecule has 3 rings (SSSR count). The van der Waals surface area contributed by atoms with Gasteiger partial charge < -0.3 is 15.0 Å². The van der Waals surface area contributed by atoms with Gasteiger partial charge in [-0.05, 0) is 25.5 Å². The van der Waals surface area contributed by atoms with Crippen molar-refractivity contribution < 1.29 is 4.74 Å². The van der Waals surface area contributed by atoms with Crippen molar-refractivity contribution in [2.24, 2.45) is 10.4 Å². The molecule has 2 aliphatic rings. The van der Waals surface area contributed by atoms with Gasteiger partial charge in [0.2, 0.25) is 0 Å². The van der Waals surface area contributed by atoms with E-state index in [4.69, 9.17) is 21.3 Å². The summed E-state index contributed by atoms with van der Waals surface area (Å²) in [4.78, 5) is 11.1. The van der Waals surface area contributed by atoms with E-state index in [-0.39, 0.29) is 29.4 Å². The van der Waals surface area contributed by atoms with E-state index in [9.17, 15) is 0 Å². The van der Waals surface area contributed by atoms with Gasteiger partial charge in [-0.1, -0.05) is 18.5 Å². The fourth-order valence-electron chi connectivity index (χ4n) is 3.30. The predicted molar refractivity (Wildman–Crippen MR) is 121 cm³/mol. The Labute approximate surface area is 183 Å². The van der Waals surface area contributed by atoms with Crippen LogP contribution in [0.4, 0.5) is 0 Å². The number of hydrogen-bond acceptors (Lipinski definition) is 4. The third kappa shape index (κ3) is 6.22. The molecule has 0 spiro atoms. The monoisotopic (exact) mass is 512 g/mol. The Morgan fingerprint density at radius 2 is 2.12 bits per heavy atom. The van der Waals surface area contributed by atoms with Crippen LogP contribution in [0.25, 0.3) is 0 Å². The zero-order chi connectivity index (χ0) is 17.7. The van der Waals surface area contributed by atoms with Crippen LogP contribution in [0.3, 0.4) is 0 Å². The summed E-state index contributed by atoms with van der Waals surface area (Å²) in [6.07, 6.45) is 1.10. The van der Waals surface area contributed by atoms with Gasteiger partial charge in [0.1, 0.15) is 0 Å². The highest BCUT2D eigenvalue weighted by molar-refractivity contribution is 14.0. The van der Waals surface area contributed by atoms with Gasteiger partial charge in [0.05, 0.1) is 17.5 Å². The van der Waals surface area contributed by atoms with E-state index in [1.807, 2.05) is 6.07 Å². The van der Waals surface area contributed by atoms with Crippen molar-refractivity contribution >= 4 is 52.9 Å². The smallest absolute Gasteiger partial charge is 0.194 e. The third-order valence-electron chi connectivity index (χ3n) is 4.93. The van der Waals surface area contributed by atoms with E-state index in [1.54, 1.807) is 11.3 Å². The number of guanidine groups is 1. The quantitative estimate of drug-likeness (QED) is 0.372. The molecular formula is C18H30ClIN4OS. The maximum Gasteiger partial charge on any atom is 0.194 e. The number of nitrogens with zero attached hydrogens (tertiary/aromatic N) is 3. The topological polar surface area (TPSA) is 40.1 Å². The van der Waals surface area contributed by atoms with E-state index in [1.165, 1.54) is 4.88 Å². The predicted octanol–water partition coefficient (Wildman–Crippen LogP) is 3.53. The van der Waals surface area contributed by atoms with Crippen molar-refractivity contribution in [2.75, 3.05) is 52.5 Å². The Bertz CT molecular complexity index is 584. The Morgan fingerprint density at radius 3 is 2.69 bits per heavy atom. The summed E-state index contributed by atoms with van der Waals surface area (Å²) in [6.45, 7) is 13.0. The first-order valence-corrected chi connectivity index (χ1v) is 10.3. The Kier molecular flexibility index (Phi) is 8.93.